The topological polar surface area (TPSA) is 88.3 Å². The minimum atomic E-state index is -0.881. The van der Waals surface area contributed by atoms with Crippen molar-refractivity contribution in [1.82, 2.24) is 10.3 Å². The van der Waals surface area contributed by atoms with Crippen LogP contribution >= 0.6 is 15.9 Å². The smallest absolute Gasteiger partial charge is 0.328 e. The molecule has 0 aliphatic carbocycles. The summed E-state index contributed by atoms with van der Waals surface area (Å²) in [5.74, 6) is -2.13. The first kappa shape index (κ1) is 16.2. The molecule has 2 aromatic rings. The Hall–Kier alpha value is -2.15. The van der Waals surface area contributed by atoms with Gasteiger partial charge in [-0.1, -0.05) is 15.9 Å². The number of Topliss-reactive ketones (excluding diaryl/α,β-unsaturated/α-hetero) is 1. The van der Waals surface area contributed by atoms with Gasteiger partial charge in [0.05, 0.1) is 12.2 Å². The molecule has 7 heteroatoms. The molecule has 0 fully saturated rings. The molecule has 1 atom stereocenters. The minimum absolute atomic E-state index is 0.212. The van der Waals surface area contributed by atoms with E-state index in [1.54, 1.807) is 19.1 Å². The second-order valence-electron chi connectivity index (χ2n) is 4.67. The number of esters is 1. The second kappa shape index (κ2) is 6.74. The van der Waals surface area contributed by atoms with Crippen LogP contribution in [0, 0.1) is 0 Å². The average Bonchev–Trinajstić information content (AvgIpc) is 2.89. The molecule has 2 rings (SSSR count). The highest BCUT2D eigenvalue weighted by molar-refractivity contribution is 9.10. The molecule has 22 heavy (non-hydrogen) atoms. The number of ether oxygens (including phenoxy) is 1. The van der Waals surface area contributed by atoms with Gasteiger partial charge >= 0.3 is 5.97 Å². The number of carbonyl (C=O) groups is 3. The van der Waals surface area contributed by atoms with Gasteiger partial charge in [-0.25, -0.2) is 4.79 Å². The summed E-state index contributed by atoms with van der Waals surface area (Å²) >= 11 is 3.33. The maximum atomic E-state index is 12.2. The van der Waals surface area contributed by atoms with E-state index in [0.717, 1.165) is 9.99 Å². The van der Waals surface area contributed by atoms with Gasteiger partial charge in [0.25, 0.3) is 11.7 Å². The fourth-order valence-electron chi connectivity index (χ4n) is 1.99. The third-order valence-electron chi connectivity index (χ3n) is 3.08. The Kier molecular flexibility index (Phi) is 4.97. The standard InChI is InChI=1S/C15H15BrN2O4/c1-3-22-15(21)8(2)18-14(20)13(19)11-7-17-12-5-4-9(16)6-10(11)12/h4-8,17H,3H2,1-2H3,(H,18,20)/t8-/m0/s1. The first-order valence-corrected chi connectivity index (χ1v) is 7.51. The van der Waals surface area contributed by atoms with E-state index in [9.17, 15) is 14.4 Å². The lowest BCUT2D eigenvalue weighted by Crippen LogP contribution is -2.42. The summed E-state index contributed by atoms with van der Waals surface area (Å²) < 4.78 is 5.58. The van der Waals surface area contributed by atoms with Crippen LogP contribution in [0.1, 0.15) is 24.2 Å². The molecule has 116 valence electrons. The molecule has 0 radical (unpaired) electrons. The third kappa shape index (κ3) is 3.36. The van der Waals surface area contributed by atoms with Gasteiger partial charge in [0.2, 0.25) is 0 Å². The Morgan fingerprint density at radius 2 is 2.09 bits per heavy atom. The molecule has 0 saturated carbocycles. The van der Waals surface area contributed by atoms with Crippen LogP contribution in [0.3, 0.4) is 0 Å². The highest BCUT2D eigenvalue weighted by atomic mass is 79.9. The molecule has 1 aromatic carbocycles. The minimum Gasteiger partial charge on any atom is -0.464 e. The van der Waals surface area contributed by atoms with Gasteiger partial charge in [-0.05, 0) is 32.0 Å². The number of fused-ring (bicyclic) bond motifs is 1. The number of carbonyl (C=O) groups excluding carboxylic acids is 3. The molecular weight excluding hydrogens is 352 g/mol. The molecule has 0 spiro atoms. The van der Waals surface area contributed by atoms with Crippen LogP contribution in [-0.2, 0) is 14.3 Å². The van der Waals surface area contributed by atoms with Crippen molar-refractivity contribution < 1.29 is 19.1 Å². The summed E-state index contributed by atoms with van der Waals surface area (Å²) in [6.07, 6.45) is 1.48. The number of aromatic amines is 1. The summed E-state index contributed by atoms with van der Waals surface area (Å²) in [6, 6.07) is 4.50. The van der Waals surface area contributed by atoms with Crippen molar-refractivity contribution in [3.05, 3.63) is 34.4 Å². The Bertz CT molecular complexity index is 738. The summed E-state index contributed by atoms with van der Waals surface area (Å²) in [5.41, 5.74) is 1.00. The van der Waals surface area contributed by atoms with Crippen LogP contribution in [0.25, 0.3) is 10.9 Å². The lowest BCUT2D eigenvalue weighted by Gasteiger charge is -2.11. The van der Waals surface area contributed by atoms with E-state index in [1.807, 2.05) is 6.07 Å². The van der Waals surface area contributed by atoms with Crippen molar-refractivity contribution in [1.29, 1.82) is 0 Å². The maximum absolute atomic E-state index is 12.2. The molecule has 0 unspecified atom stereocenters. The van der Waals surface area contributed by atoms with Gasteiger partial charge in [0, 0.05) is 21.6 Å². The average molecular weight is 367 g/mol. The SMILES string of the molecule is CCOC(=O)[C@H](C)NC(=O)C(=O)c1c[nH]c2ccc(Br)cc12. The predicted octanol–water partition coefficient (Wildman–Crippen LogP) is 2.18. The number of aromatic nitrogens is 1. The Morgan fingerprint density at radius 1 is 1.36 bits per heavy atom. The number of halogens is 1. The molecule has 1 aromatic heterocycles. The van der Waals surface area contributed by atoms with Crippen LogP contribution in [0.15, 0.2) is 28.9 Å². The molecule has 0 saturated heterocycles. The van der Waals surface area contributed by atoms with E-state index in [4.69, 9.17) is 4.74 Å². The van der Waals surface area contributed by atoms with E-state index in [-0.39, 0.29) is 12.2 Å². The van der Waals surface area contributed by atoms with Gasteiger partial charge in [-0.15, -0.1) is 0 Å². The monoisotopic (exact) mass is 366 g/mol. The molecule has 0 aliphatic rings. The van der Waals surface area contributed by atoms with E-state index >= 15 is 0 Å². The van der Waals surface area contributed by atoms with E-state index in [0.29, 0.717) is 5.39 Å². The number of rotatable bonds is 5. The number of ketones is 1. The highest BCUT2D eigenvalue weighted by Crippen LogP contribution is 2.23. The van der Waals surface area contributed by atoms with Gasteiger partial charge in [0.1, 0.15) is 6.04 Å². The van der Waals surface area contributed by atoms with Gasteiger partial charge in [0.15, 0.2) is 0 Å². The van der Waals surface area contributed by atoms with Gasteiger partial charge in [-0.2, -0.15) is 0 Å². The van der Waals surface area contributed by atoms with Crippen LogP contribution in [-0.4, -0.2) is 35.3 Å². The lowest BCUT2D eigenvalue weighted by atomic mass is 10.1. The van der Waals surface area contributed by atoms with E-state index in [2.05, 4.69) is 26.2 Å². The zero-order valence-electron chi connectivity index (χ0n) is 12.1. The predicted molar refractivity (Wildman–Crippen MR) is 84.6 cm³/mol. The molecule has 1 heterocycles. The Labute approximate surface area is 135 Å². The molecule has 6 nitrogen and oxygen atoms in total. The van der Waals surface area contributed by atoms with Crippen LogP contribution in [0.4, 0.5) is 0 Å². The summed E-state index contributed by atoms with van der Waals surface area (Å²) in [6.45, 7) is 3.35. The molecule has 1 amide bonds. The number of hydrogen-bond donors (Lipinski definition) is 2. The van der Waals surface area contributed by atoms with Crippen molar-refractivity contribution >= 4 is 44.5 Å². The van der Waals surface area contributed by atoms with E-state index in [1.165, 1.54) is 13.1 Å². The molecular formula is C15H15BrN2O4. The van der Waals surface area contributed by atoms with Crippen LogP contribution < -0.4 is 5.32 Å². The zero-order chi connectivity index (χ0) is 16.3. The summed E-state index contributed by atoms with van der Waals surface area (Å²) in [7, 11) is 0. The Balaban J connectivity index is 2.18. The van der Waals surface area contributed by atoms with Gasteiger partial charge < -0.3 is 15.0 Å². The number of benzene rings is 1. The van der Waals surface area contributed by atoms with Crippen molar-refractivity contribution in [2.45, 2.75) is 19.9 Å². The van der Waals surface area contributed by atoms with Crippen LogP contribution in [0.5, 0.6) is 0 Å². The Morgan fingerprint density at radius 3 is 2.77 bits per heavy atom. The molecule has 2 N–H and O–H groups in total. The lowest BCUT2D eigenvalue weighted by molar-refractivity contribution is -0.146. The summed E-state index contributed by atoms with van der Waals surface area (Å²) in [4.78, 5) is 38.7. The van der Waals surface area contributed by atoms with Gasteiger partial charge in [-0.3, -0.25) is 9.59 Å². The van der Waals surface area contributed by atoms with Crippen molar-refractivity contribution in [3.63, 3.8) is 0 Å². The molecule has 0 bridgehead atoms. The highest BCUT2D eigenvalue weighted by Gasteiger charge is 2.24. The number of H-pyrrole nitrogens is 1. The van der Waals surface area contributed by atoms with Crippen molar-refractivity contribution in [2.24, 2.45) is 0 Å². The van der Waals surface area contributed by atoms with Crippen molar-refractivity contribution in [3.8, 4) is 0 Å². The first-order chi connectivity index (χ1) is 10.4. The number of hydrogen-bond acceptors (Lipinski definition) is 4. The molecule has 0 aliphatic heterocycles. The normalized spacial score (nSPS) is 12.0. The second-order valence-corrected chi connectivity index (χ2v) is 5.58. The third-order valence-corrected chi connectivity index (χ3v) is 3.58. The summed E-state index contributed by atoms with van der Waals surface area (Å²) in [5, 5.41) is 2.98. The van der Waals surface area contributed by atoms with E-state index < -0.39 is 23.7 Å². The van der Waals surface area contributed by atoms with Crippen molar-refractivity contribution in [2.75, 3.05) is 6.61 Å². The fraction of sp³-hybridized carbons (Fsp3) is 0.267. The number of nitrogens with one attached hydrogen (secondary N) is 2. The quantitative estimate of drug-likeness (QED) is 0.482. The maximum Gasteiger partial charge on any atom is 0.328 e. The fourth-order valence-corrected chi connectivity index (χ4v) is 2.35. The first-order valence-electron chi connectivity index (χ1n) is 6.72. The van der Waals surface area contributed by atoms with Crippen LogP contribution in [0.2, 0.25) is 0 Å². The zero-order valence-corrected chi connectivity index (χ0v) is 13.7. The number of amides is 1. The largest absolute Gasteiger partial charge is 0.464 e.